The van der Waals surface area contributed by atoms with Gasteiger partial charge in [0.15, 0.2) is 0 Å². The third-order valence-electron chi connectivity index (χ3n) is 5.04. The van der Waals surface area contributed by atoms with Crippen LogP contribution in [0.3, 0.4) is 0 Å². The summed E-state index contributed by atoms with van der Waals surface area (Å²) in [7, 11) is 1.71. The third-order valence-corrected chi connectivity index (χ3v) is 5.04. The number of rotatable bonds is 5. The van der Waals surface area contributed by atoms with E-state index in [1.807, 2.05) is 18.3 Å². The zero-order valence-corrected chi connectivity index (χ0v) is 14.9. The molecular weight excluding hydrogens is 328 g/mol. The quantitative estimate of drug-likeness (QED) is 0.737. The van der Waals surface area contributed by atoms with E-state index in [1.54, 1.807) is 13.3 Å². The monoisotopic (exact) mass is 352 g/mol. The average Bonchev–Trinajstić information content (AvgIpc) is 3.09. The van der Waals surface area contributed by atoms with Crippen LogP contribution in [0.15, 0.2) is 42.7 Å². The minimum Gasteiger partial charge on any atom is -0.393 e. The number of aliphatic hydroxyl groups excluding tert-OH is 1. The third kappa shape index (κ3) is 3.43. The molecule has 0 amide bonds. The molecule has 0 saturated heterocycles. The zero-order valence-electron chi connectivity index (χ0n) is 14.9. The summed E-state index contributed by atoms with van der Waals surface area (Å²) >= 11 is 0. The molecule has 4 rings (SSSR count). The van der Waals surface area contributed by atoms with Gasteiger partial charge in [0.25, 0.3) is 0 Å². The summed E-state index contributed by atoms with van der Waals surface area (Å²) in [6.07, 6.45) is 7.22. The molecule has 6 heteroatoms. The van der Waals surface area contributed by atoms with E-state index in [1.165, 1.54) is 5.39 Å². The molecule has 6 nitrogen and oxygen atoms in total. The zero-order chi connectivity index (χ0) is 17.9. The molecule has 2 N–H and O–H groups in total. The van der Waals surface area contributed by atoms with Crippen molar-refractivity contribution >= 4 is 16.9 Å². The molecule has 0 spiro atoms. The maximum atomic E-state index is 9.65. The molecule has 1 aliphatic rings. The van der Waals surface area contributed by atoms with Crippen LogP contribution in [0.2, 0.25) is 0 Å². The number of nitrogens with zero attached hydrogens (tertiary/aromatic N) is 3. The lowest BCUT2D eigenvalue weighted by Gasteiger charge is -2.26. The molecule has 1 aliphatic carbocycles. The van der Waals surface area contributed by atoms with Gasteiger partial charge in [0.05, 0.1) is 18.2 Å². The lowest BCUT2D eigenvalue weighted by Crippen LogP contribution is -2.29. The molecule has 0 unspecified atom stereocenters. The Bertz CT molecular complexity index is 884. The van der Waals surface area contributed by atoms with Gasteiger partial charge in [0.1, 0.15) is 5.82 Å². The Labute approximate surface area is 152 Å². The van der Waals surface area contributed by atoms with Gasteiger partial charge >= 0.3 is 0 Å². The van der Waals surface area contributed by atoms with Gasteiger partial charge in [-0.15, -0.1) is 0 Å². The van der Waals surface area contributed by atoms with Gasteiger partial charge in [-0.05, 0) is 49.4 Å². The van der Waals surface area contributed by atoms with Crippen molar-refractivity contribution in [1.29, 1.82) is 0 Å². The summed E-state index contributed by atoms with van der Waals surface area (Å²) in [6.45, 7) is 0.589. The molecule has 1 aromatic carbocycles. The highest BCUT2D eigenvalue weighted by atomic mass is 16.5. The van der Waals surface area contributed by atoms with Crippen molar-refractivity contribution in [2.45, 2.75) is 44.4 Å². The smallest absolute Gasteiger partial charge is 0.224 e. The Morgan fingerprint density at radius 3 is 2.85 bits per heavy atom. The fraction of sp³-hybridized carbons (Fsp3) is 0.400. The highest BCUT2D eigenvalue weighted by molar-refractivity contribution is 5.85. The van der Waals surface area contributed by atoms with Crippen LogP contribution in [-0.4, -0.2) is 38.9 Å². The van der Waals surface area contributed by atoms with Crippen LogP contribution in [0.5, 0.6) is 0 Å². The molecule has 26 heavy (non-hydrogen) atoms. The summed E-state index contributed by atoms with van der Waals surface area (Å²) in [4.78, 5) is 9.07. The molecule has 2 aromatic heterocycles. The SMILES string of the molecule is COCc1cccc2c1ccn2-c1ccnc(NC2CCC(O)CC2)n1. The second-order valence-electron chi connectivity index (χ2n) is 6.86. The fourth-order valence-electron chi connectivity index (χ4n) is 3.67. The number of fused-ring (bicyclic) bond motifs is 1. The molecule has 0 atom stereocenters. The van der Waals surface area contributed by atoms with E-state index in [4.69, 9.17) is 9.72 Å². The van der Waals surface area contributed by atoms with Gasteiger partial charge in [0.2, 0.25) is 5.95 Å². The molecule has 0 radical (unpaired) electrons. The van der Waals surface area contributed by atoms with E-state index in [2.05, 4.69) is 33.1 Å². The summed E-state index contributed by atoms with van der Waals surface area (Å²) < 4.78 is 7.37. The number of hydrogen-bond donors (Lipinski definition) is 2. The minimum absolute atomic E-state index is 0.159. The van der Waals surface area contributed by atoms with Crippen molar-refractivity contribution in [3.05, 3.63) is 48.3 Å². The van der Waals surface area contributed by atoms with Crippen molar-refractivity contribution in [3.63, 3.8) is 0 Å². The van der Waals surface area contributed by atoms with Crippen molar-refractivity contribution < 1.29 is 9.84 Å². The molecule has 3 aromatic rings. The lowest BCUT2D eigenvalue weighted by atomic mass is 9.93. The van der Waals surface area contributed by atoms with Crippen LogP contribution in [0, 0.1) is 0 Å². The second-order valence-corrected chi connectivity index (χ2v) is 6.86. The summed E-state index contributed by atoms with van der Waals surface area (Å²) in [5.41, 5.74) is 2.27. The number of anilines is 1. The molecule has 136 valence electrons. The van der Waals surface area contributed by atoms with Crippen molar-refractivity contribution in [1.82, 2.24) is 14.5 Å². The molecule has 1 saturated carbocycles. The molecule has 0 bridgehead atoms. The van der Waals surface area contributed by atoms with Gasteiger partial charge in [-0.1, -0.05) is 12.1 Å². The normalized spacial score (nSPS) is 20.4. The predicted molar refractivity (Wildman–Crippen MR) is 101 cm³/mol. The van der Waals surface area contributed by atoms with Crippen LogP contribution in [0.4, 0.5) is 5.95 Å². The standard InChI is InChI=1S/C20H24N4O2/c1-26-13-14-3-2-4-18-17(14)10-12-24(18)19-9-11-21-20(23-19)22-15-5-7-16(25)8-6-15/h2-4,9-12,15-16,25H,5-8,13H2,1H3,(H,21,22,23). The molecule has 1 fully saturated rings. The fourth-order valence-corrected chi connectivity index (χ4v) is 3.67. The molecule has 2 heterocycles. The lowest BCUT2D eigenvalue weighted by molar-refractivity contribution is 0.126. The first kappa shape index (κ1) is 17.0. The first-order valence-corrected chi connectivity index (χ1v) is 9.10. The topological polar surface area (TPSA) is 72.2 Å². The van der Waals surface area contributed by atoms with Gasteiger partial charge in [-0.2, -0.15) is 4.98 Å². The second kappa shape index (κ2) is 7.43. The van der Waals surface area contributed by atoms with Crippen LogP contribution in [0.1, 0.15) is 31.2 Å². The number of nitrogens with one attached hydrogen (secondary N) is 1. The van der Waals surface area contributed by atoms with Crippen molar-refractivity contribution in [2.24, 2.45) is 0 Å². The maximum absolute atomic E-state index is 9.65. The summed E-state index contributed by atoms with van der Waals surface area (Å²) in [5, 5.41) is 14.2. The Balaban J connectivity index is 1.60. The maximum Gasteiger partial charge on any atom is 0.224 e. The van der Waals surface area contributed by atoms with Crippen molar-refractivity contribution in [3.8, 4) is 5.82 Å². The number of ether oxygens (including phenoxy) is 1. The van der Waals surface area contributed by atoms with E-state index in [9.17, 15) is 5.11 Å². The Morgan fingerprint density at radius 2 is 2.04 bits per heavy atom. The Morgan fingerprint density at radius 1 is 1.19 bits per heavy atom. The van der Waals surface area contributed by atoms with E-state index in [0.29, 0.717) is 18.6 Å². The number of aromatic nitrogens is 3. The van der Waals surface area contributed by atoms with E-state index in [0.717, 1.165) is 42.6 Å². The number of hydrogen-bond acceptors (Lipinski definition) is 5. The predicted octanol–water partition coefficient (Wildman–Crippen LogP) is 3.28. The Kier molecular flexibility index (Phi) is 4.86. The van der Waals surface area contributed by atoms with Gasteiger partial charge in [0, 0.05) is 30.9 Å². The number of benzene rings is 1. The van der Waals surface area contributed by atoms with Crippen LogP contribution >= 0.6 is 0 Å². The highest BCUT2D eigenvalue weighted by Gasteiger charge is 2.20. The first-order chi connectivity index (χ1) is 12.7. The van der Waals surface area contributed by atoms with Crippen molar-refractivity contribution in [2.75, 3.05) is 12.4 Å². The van der Waals surface area contributed by atoms with Gasteiger partial charge < -0.3 is 19.7 Å². The van der Waals surface area contributed by atoms with E-state index < -0.39 is 0 Å². The van der Waals surface area contributed by atoms with E-state index >= 15 is 0 Å². The summed E-state index contributed by atoms with van der Waals surface area (Å²) in [6, 6.07) is 10.6. The molecule has 0 aliphatic heterocycles. The average molecular weight is 352 g/mol. The highest BCUT2D eigenvalue weighted by Crippen LogP contribution is 2.25. The first-order valence-electron chi connectivity index (χ1n) is 9.10. The summed E-state index contributed by atoms with van der Waals surface area (Å²) in [5.74, 6) is 1.47. The Hall–Kier alpha value is -2.44. The van der Waals surface area contributed by atoms with Gasteiger partial charge in [-0.25, -0.2) is 4.98 Å². The largest absolute Gasteiger partial charge is 0.393 e. The number of aliphatic hydroxyl groups is 1. The van der Waals surface area contributed by atoms with E-state index in [-0.39, 0.29) is 6.10 Å². The van der Waals surface area contributed by atoms with Crippen LogP contribution < -0.4 is 5.32 Å². The minimum atomic E-state index is -0.159. The van der Waals surface area contributed by atoms with Crippen LogP contribution in [0.25, 0.3) is 16.7 Å². The van der Waals surface area contributed by atoms with Crippen LogP contribution in [-0.2, 0) is 11.3 Å². The molecular formula is C20H24N4O2. The number of methoxy groups -OCH3 is 1. The van der Waals surface area contributed by atoms with Gasteiger partial charge in [-0.3, -0.25) is 0 Å².